The molecular weight excluding hydrogens is 450 g/mol. The van der Waals surface area contributed by atoms with E-state index in [9.17, 15) is 13.2 Å². The van der Waals surface area contributed by atoms with Gasteiger partial charge in [0.05, 0.1) is 22.0 Å². The van der Waals surface area contributed by atoms with Crippen molar-refractivity contribution in [3.63, 3.8) is 0 Å². The molecule has 1 aliphatic rings. The summed E-state index contributed by atoms with van der Waals surface area (Å²) in [4.78, 5) is 23.5. The number of para-hydroxylation sites is 1. The van der Waals surface area contributed by atoms with Crippen LogP contribution < -0.4 is 0 Å². The van der Waals surface area contributed by atoms with Gasteiger partial charge in [0.15, 0.2) is 0 Å². The van der Waals surface area contributed by atoms with Crippen LogP contribution in [0.25, 0.3) is 21.9 Å². The first-order valence-electron chi connectivity index (χ1n) is 11.5. The predicted octanol–water partition coefficient (Wildman–Crippen LogP) is 3.38. The lowest BCUT2D eigenvalue weighted by Gasteiger charge is -2.33. The molecule has 1 atom stereocenters. The standard InChI is InChI=1S/C25H29N5O3S/c1-16-25-19(18-7-5-6-8-20(18)27-25)13-14-30(16)24(31)12-11-23-26-21-15-17(34(32,33)28(2)3)9-10-22(21)29(23)4/h5-10,15-16,27H,11-14H2,1-4H3/t16-/m1/s1. The molecule has 3 heterocycles. The van der Waals surface area contributed by atoms with Crippen molar-refractivity contribution in [1.82, 2.24) is 23.7 Å². The van der Waals surface area contributed by atoms with Crippen LogP contribution in [0.4, 0.5) is 0 Å². The molecule has 0 saturated heterocycles. The maximum absolute atomic E-state index is 13.2. The van der Waals surface area contributed by atoms with Crippen LogP contribution in [0.15, 0.2) is 47.4 Å². The van der Waals surface area contributed by atoms with Gasteiger partial charge in [-0.05, 0) is 43.2 Å². The number of hydrogen-bond acceptors (Lipinski definition) is 4. The highest BCUT2D eigenvalue weighted by atomic mass is 32.2. The Morgan fingerprint density at radius 2 is 1.97 bits per heavy atom. The first-order valence-corrected chi connectivity index (χ1v) is 12.9. The third kappa shape index (κ3) is 3.59. The molecule has 0 saturated carbocycles. The van der Waals surface area contributed by atoms with Gasteiger partial charge in [-0.15, -0.1) is 0 Å². The van der Waals surface area contributed by atoms with E-state index in [1.165, 1.54) is 29.4 Å². The van der Waals surface area contributed by atoms with E-state index in [1.807, 2.05) is 28.6 Å². The molecule has 0 bridgehead atoms. The van der Waals surface area contributed by atoms with E-state index in [4.69, 9.17) is 0 Å². The molecule has 0 unspecified atom stereocenters. The van der Waals surface area contributed by atoms with E-state index in [2.05, 4.69) is 29.0 Å². The van der Waals surface area contributed by atoms with Crippen molar-refractivity contribution in [2.75, 3.05) is 20.6 Å². The number of imidazole rings is 1. The average Bonchev–Trinajstić information content (AvgIpc) is 3.35. The number of nitrogens with one attached hydrogen (secondary N) is 1. The normalized spacial score (nSPS) is 16.5. The number of carbonyl (C=O) groups excluding carboxylic acids is 1. The smallest absolute Gasteiger partial charge is 0.242 e. The molecule has 0 radical (unpaired) electrons. The maximum atomic E-state index is 13.2. The van der Waals surface area contributed by atoms with Gasteiger partial charge in [0.2, 0.25) is 15.9 Å². The van der Waals surface area contributed by atoms with Crippen molar-refractivity contribution < 1.29 is 13.2 Å². The van der Waals surface area contributed by atoms with Crippen molar-refractivity contribution in [2.45, 2.75) is 37.1 Å². The largest absolute Gasteiger partial charge is 0.356 e. The highest BCUT2D eigenvalue weighted by Crippen LogP contribution is 2.34. The molecule has 1 amide bonds. The van der Waals surface area contributed by atoms with Crippen LogP contribution in [-0.4, -0.2) is 58.7 Å². The zero-order valence-electron chi connectivity index (χ0n) is 19.9. The highest BCUT2D eigenvalue weighted by Gasteiger charge is 2.30. The van der Waals surface area contributed by atoms with Gasteiger partial charge in [-0.3, -0.25) is 4.79 Å². The predicted molar refractivity (Wildman–Crippen MR) is 132 cm³/mol. The number of rotatable bonds is 5. The Morgan fingerprint density at radius 3 is 2.74 bits per heavy atom. The van der Waals surface area contributed by atoms with Gasteiger partial charge >= 0.3 is 0 Å². The van der Waals surface area contributed by atoms with Gasteiger partial charge < -0.3 is 14.5 Å². The summed E-state index contributed by atoms with van der Waals surface area (Å²) >= 11 is 0. The average molecular weight is 480 g/mol. The maximum Gasteiger partial charge on any atom is 0.242 e. The number of aromatic nitrogens is 3. The second-order valence-corrected chi connectivity index (χ2v) is 11.3. The molecule has 9 heteroatoms. The summed E-state index contributed by atoms with van der Waals surface area (Å²) in [5, 5.41) is 1.24. The molecule has 178 valence electrons. The molecule has 0 spiro atoms. The zero-order chi connectivity index (χ0) is 24.2. The SMILES string of the molecule is C[C@@H]1c2[nH]c3ccccc3c2CCN1C(=O)CCc1nc2cc(S(=O)(=O)N(C)C)ccc2n1C. The van der Waals surface area contributed by atoms with E-state index in [0.717, 1.165) is 29.0 Å². The van der Waals surface area contributed by atoms with Crippen LogP contribution in [0.3, 0.4) is 0 Å². The minimum atomic E-state index is -3.53. The molecule has 1 N–H and O–H groups in total. The summed E-state index contributed by atoms with van der Waals surface area (Å²) in [6, 6.07) is 13.2. The Bertz CT molecular complexity index is 1520. The van der Waals surface area contributed by atoms with Crippen molar-refractivity contribution in [1.29, 1.82) is 0 Å². The molecule has 1 aliphatic heterocycles. The third-order valence-corrected chi connectivity index (χ3v) is 8.75. The van der Waals surface area contributed by atoms with E-state index in [0.29, 0.717) is 24.9 Å². The Hall–Kier alpha value is -3.17. The quantitative estimate of drug-likeness (QED) is 0.475. The van der Waals surface area contributed by atoms with Gasteiger partial charge in [0.25, 0.3) is 0 Å². The molecule has 0 fully saturated rings. The Kier molecular flexibility index (Phi) is 5.49. The van der Waals surface area contributed by atoms with E-state index >= 15 is 0 Å². The van der Waals surface area contributed by atoms with Crippen molar-refractivity contribution in [3.8, 4) is 0 Å². The molecule has 4 aromatic rings. The number of H-pyrrole nitrogens is 1. The molecule has 0 aliphatic carbocycles. The van der Waals surface area contributed by atoms with Crippen molar-refractivity contribution in [3.05, 3.63) is 59.5 Å². The number of aryl methyl sites for hydroxylation is 2. The number of amides is 1. The fourth-order valence-corrected chi connectivity index (χ4v) is 5.88. The monoisotopic (exact) mass is 479 g/mol. The third-order valence-electron chi connectivity index (χ3n) is 6.94. The van der Waals surface area contributed by atoms with E-state index in [-0.39, 0.29) is 16.8 Å². The molecular formula is C25H29N5O3S. The number of fused-ring (bicyclic) bond motifs is 4. The Morgan fingerprint density at radius 1 is 1.21 bits per heavy atom. The number of hydrogen-bond donors (Lipinski definition) is 1. The number of benzene rings is 2. The first-order chi connectivity index (χ1) is 16.2. The topological polar surface area (TPSA) is 91.3 Å². The van der Waals surface area contributed by atoms with Gasteiger partial charge in [-0.2, -0.15) is 0 Å². The van der Waals surface area contributed by atoms with E-state index in [1.54, 1.807) is 18.2 Å². The first kappa shape index (κ1) is 22.6. The second-order valence-electron chi connectivity index (χ2n) is 9.10. The minimum Gasteiger partial charge on any atom is -0.356 e. The molecule has 2 aromatic heterocycles. The number of nitrogens with zero attached hydrogens (tertiary/aromatic N) is 4. The summed E-state index contributed by atoms with van der Waals surface area (Å²) < 4.78 is 28.1. The Balaban J connectivity index is 1.34. The number of aromatic amines is 1. The summed E-state index contributed by atoms with van der Waals surface area (Å²) in [7, 11) is 1.38. The summed E-state index contributed by atoms with van der Waals surface area (Å²) in [5.41, 5.74) is 5.00. The van der Waals surface area contributed by atoms with Crippen LogP contribution in [0.5, 0.6) is 0 Å². The van der Waals surface area contributed by atoms with Gasteiger partial charge in [0.1, 0.15) is 5.82 Å². The van der Waals surface area contributed by atoms with Crippen LogP contribution in [0.2, 0.25) is 0 Å². The summed E-state index contributed by atoms with van der Waals surface area (Å²) in [6.45, 7) is 2.77. The number of carbonyl (C=O) groups is 1. The fourth-order valence-electron chi connectivity index (χ4n) is 4.96. The zero-order valence-corrected chi connectivity index (χ0v) is 20.7. The van der Waals surface area contributed by atoms with Crippen LogP contribution >= 0.6 is 0 Å². The van der Waals surface area contributed by atoms with Gasteiger partial charge in [-0.1, -0.05) is 18.2 Å². The van der Waals surface area contributed by atoms with Gasteiger partial charge in [0, 0.05) is 57.1 Å². The highest BCUT2D eigenvalue weighted by molar-refractivity contribution is 7.89. The lowest BCUT2D eigenvalue weighted by Crippen LogP contribution is -2.39. The molecule has 8 nitrogen and oxygen atoms in total. The van der Waals surface area contributed by atoms with Crippen molar-refractivity contribution in [2.24, 2.45) is 7.05 Å². The second kappa shape index (κ2) is 8.25. The number of sulfonamides is 1. The van der Waals surface area contributed by atoms with Crippen LogP contribution in [0, 0.1) is 0 Å². The lowest BCUT2D eigenvalue weighted by atomic mass is 9.98. The lowest BCUT2D eigenvalue weighted by molar-refractivity contribution is -0.133. The van der Waals surface area contributed by atoms with Gasteiger partial charge in [-0.25, -0.2) is 17.7 Å². The molecule has 5 rings (SSSR count). The minimum absolute atomic E-state index is 0.0112. The summed E-state index contributed by atoms with van der Waals surface area (Å²) in [6.07, 6.45) is 1.67. The van der Waals surface area contributed by atoms with Crippen molar-refractivity contribution >= 4 is 37.9 Å². The molecule has 2 aromatic carbocycles. The Labute approximate surface area is 199 Å². The van der Waals surface area contributed by atoms with E-state index < -0.39 is 10.0 Å². The van der Waals surface area contributed by atoms with Crippen LogP contribution in [-0.2, 0) is 34.7 Å². The summed E-state index contributed by atoms with van der Waals surface area (Å²) in [5.74, 6) is 0.860. The van der Waals surface area contributed by atoms with Crippen LogP contribution in [0.1, 0.15) is 36.5 Å². The molecule has 34 heavy (non-hydrogen) atoms. The fraction of sp³-hybridized carbons (Fsp3) is 0.360.